The molecule has 0 unspecified atom stereocenters. The van der Waals surface area contributed by atoms with E-state index in [1.54, 1.807) is 18.2 Å². The van der Waals surface area contributed by atoms with Crippen molar-refractivity contribution in [3.05, 3.63) is 58.9 Å². The first-order valence-electron chi connectivity index (χ1n) is 6.12. The molecule has 0 aromatic heterocycles. The van der Waals surface area contributed by atoms with Crippen molar-refractivity contribution in [2.24, 2.45) is 0 Å². The van der Waals surface area contributed by atoms with Gasteiger partial charge in [0, 0.05) is 11.1 Å². The van der Waals surface area contributed by atoms with E-state index in [1.807, 2.05) is 6.07 Å². The van der Waals surface area contributed by atoms with Gasteiger partial charge < -0.3 is 9.47 Å². The third-order valence-electron chi connectivity index (χ3n) is 2.88. The zero-order valence-electron chi connectivity index (χ0n) is 11.3. The number of hydrogen-bond acceptors (Lipinski definition) is 4. The highest BCUT2D eigenvalue weighted by molar-refractivity contribution is 5.74. The van der Waals surface area contributed by atoms with E-state index in [9.17, 15) is 9.18 Å². The van der Waals surface area contributed by atoms with Gasteiger partial charge in [0.15, 0.2) is 11.6 Å². The average molecular weight is 285 g/mol. The van der Waals surface area contributed by atoms with Crippen LogP contribution in [0.2, 0.25) is 0 Å². The summed E-state index contributed by atoms with van der Waals surface area (Å²) in [5.41, 5.74) is 1.34. The summed E-state index contributed by atoms with van der Waals surface area (Å²) in [6, 6.07) is 10.9. The Hall–Kier alpha value is -2.87. The minimum atomic E-state index is -0.616. The van der Waals surface area contributed by atoms with Gasteiger partial charge in [-0.05, 0) is 36.4 Å². The fourth-order valence-electron chi connectivity index (χ4n) is 1.82. The molecule has 4 nitrogen and oxygen atoms in total. The Morgan fingerprint density at radius 2 is 2.00 bits per heavy atom. The van der Waals surface area contributed by atoms with E-state index in [0.717, 1.165) is 6.07 Å². The van der Waals surface area contributed by atoms with Crippen molar-refractivity contribution in [3.8, 4) is 17.6 Å². The highest BCUT2D eigenvalue weighted by Gasteiger charge is 2.09. The maximum absolute atomic E-state index is 13.7. The second kappa shape index (κ2) is 6.53. The van der Waals surface area contributed by atoms with Gasteiger partial charge in [-0.25, -0.2) is 4.39 Å². The van der Waals surface area contributed by atoms with Crippen LogP contribution >= 0.6 is 0 Å². The number of aldehydes is 1. The van der Waals surface area contributed by atoms with Gasteiger partial charge >= 0.3 is 0 Å². The number of methoxy groups -OCH3 is 1. The van der Waals surface area contributed by atoms with Gasteiger partial charge in [-0.15, -0.1) is 0 Å². The van der Waals surface area contributed by atoms with E-state index in [0.29, 0.717) is 23.2 Å². The maximum Gasteiger partial charge on any atom is 0.165 e. The minimum Gasteiger partial charge on any atom is -0.496 e. The molecule has 0 saturated heterocycles. The lowest BCUT2D eigenvalue weighted by molar-refractivity contribution is 0.112. The Bertz CT molecular complexity index is 707. The molecule has 2 aromatic carbocycles. The number of rotatable bonds is 5. The predicted molar refractivity (Wildman–Crippen MR) is 73.8 cm³/mol. The Labute approximate surface area is 121 Å². The van der Waals surface area contributed by atoms with Crippen molar-refractivity contribution in [2.45, 2.75) is 6.61 Å². The lowest BCUT2D eigenvalue weighted by Gasteiger charge is -2.11. The second-order valence-electron chi connectivity index (χ2n) is 4.23. The summed E-state index contributed by atoms with van der Waals surface area (Å²) in [7, 11) is 1.50. The number of ether oxygens (including phenoxy) is 2. The van der Waals surface area contributed by atoms with Crippen molar-refractivity contribution in [2.75, 3.05) is 7.11 Å². The molecule has 2 aromatic rings. The molecule has 21 heavy (non-hydrogen) atoms. The van der Waals surface area contributed by atoms with Crippen LogP contribution < -0.4 is 9.47 Å². The van der Waals surface area contributed by atoms with Crippen molar-refractivity contribution in [1.82, 2.24) is 0 Å². The van der Waals surface area contributed by atoms with Crippen LogP contribution in [0.15, 0.2) is 36.4 Å². The van der Waals surface area contributed by atoms with Crippen LogP contribution in [0.3, 0.4) is 0 Å². The van der Waals surface area contributed by atoms with Crippen molar-refractivity contribution in [1.29, 1.82) is 5.26 Å². The van der Waals surface area contributed by atoms with Crippen LogP contribution in [0.1, 0.15) is 21.5 Å². The van der Waals surface area contributed by atoms with Crippen LogP contribution in [-0.2, 0) is 6.61 Å². The van der Waals surface area contributed by atoms with Gasteiger partial charge in [-0.3, -0.25) is 4.79 Å². The van der Waals surface area contributed by atoms with E-state index in [-0.39, 0.29) is 17.9 Å². The smallest absolute Gasteiger partial charge is 0.165 e. The fourth-order valence-corrected chi connectivity index (χ4v) is 1.82. The largest absolute Gasteiger partial charge is 0.496 e. The number of nitriles is 1. The molecule has 2 rings (SSSR count). The second-order valence-corrected chi connectivity index (χ2v) is 4.23. The summed E-state index contributed by atoms with van der Waals surface area (Å²) in [5.74, 6) is -0.0288. The monoisotopic (exact) mass is 285 g/mol. The van der Waals surface area contributed by atoms with E-state index in [1.165, 1.54) is 19.2 Å². The van der Waals surface area contributed by atoms with Gasteiger partial charge in [0.25, 0.3) is 0 Å². The number of hydrogen-bond donors (Lipinski definition) is 0. The van der Waals surface area contributed by atoms with Gasteiger partial charge in [-0.2, -0.15) is 5.26 Å². The zero-order chi connectivity index (χ0) is 15.2. The first-order valence-corrected chi connectivity index (χ1v) is 6.12. The Morgan fingerprint density at radius 1 is 1.24 bits per heavy atom. The molecule has 0 aliphatic heterocycles. The Balaban J connectivity index is 2.20. The quantitative estimate of drug-likeness (QED) is 0.792. The number of nitrogens with zero attached hydrogens (tertiary/aromatic N) is 1. The Morgan fingerprint density at radius 3 is 2.62 bits per heavy atom. The summed E-state index contributed by atoms with van der Waals surface area (Å²) >= 11 is 0. The molecule has 0 fully saturated rings. The summed E-state index contributed by atoms with van der Waals surface area (Å²) < 4.78 is 24.3. The molecule has 0 bridgehead atoms. The van der Waals surface area contributed by atoms with E-state index < -0.39 is 5.82 Å². The molecule has 0 aliphatic rings. The highest BCUT2D eigenvalue weighted by Crippen LogP contribution is 2.23. The number of benzene rings is 2. The minimum absolute atomic E-state index is 0.0324. The third-order valence-corrected chi connectivity index (χ3v) is 2.88. The zero-order valence-corrected chi connectivity index (χ0v) is 11.3. The van der Waals surface area contributed by atoms with Crippen LogP contribution in [0.5, 0.6) is 11.5 Å². The molecular formula is C16H12FNO3. The van der Waals surface area contributed by atoms with Gasteiger partial charge in [0.05, 0.1) is 18.7 Å². The molecule has 0 heterocycles. The standard InChI is InChI=1S/C16H12FNO3/c1-20-15-4-2-11(8-18)6-13(15)10-21-16-5-3-12(9-19)7-14(16)17/h2-7,9H,10H2,1H3. The van der Waals surface area contributed by atoms with Crippen molar-refractivity contribution in [3.63, 3.8) is 0 Å². The molecule has 106 valence electrons. The summed E-state index contributed by atoms with van der Waals surface area (Å²) in [6.45, 7) is 0.0516. The topological polar surface area (TPSA) is 59.3 Å². The first-order chi connectivity index (χ1) is 10.2. The number of halogens is 1. The van der Waals surface area contributed by atoms with Crippen molar-refractivity contribution >= 4 is 6.29 Å². The number of carbonyl (C=O) groups excluding carboxylic acids is 1. The van der Waals surface area contributed by atoms with Crippen LogP contribution in [-0.4, -0.2) is 13.4 Å². The highest BCUT2D eigenvalue weighted by atomic mass is 19.1. The van der Waals surface area contributed by atoms with Crippen molar-refractivity contribution < 1.29 is 18.7 Å². The molecule has 0 N–H and O–H groups in total. The van der Waals surface area contributed by atoms with Crippen LogP contribution in [0.25, 0.3) is 0 Å². The molecular weight excluding hydrogens is 273 g/mol. The lowest BCUT2D eigenvalue weighted by atomic mass is 10.1. The fraction of sp³-hybridized carbons (Fsp3) is 0.125. The molecule has 5 heteroatoms. The van der Waals surface area contributed by atoms with E-state index in [4.69, 9.17) is 14.7 Å². The van der Waals surface area contributed by atoms with E-state index in [2.05, 4.69) is 0 Å². The molecule has 0 spiro atoms. The van der Waals surface area contributed by atoms with E-state index >= 15 is 0 Å². The average Bonchev–Trinajstić information content (AvgIpc) is 2.53. The molecule has 0 radical (unpaired) electrons. The van der Waals surface area contributed by atoms with Gasteiger partial charge in [0.1, 0.15) is 18.6 Å². The molecule has 0 amide bonds. The number of carbonyl (C=O) groups is 1. The predicted octanol–water partition coefficient (Wildman–Crippen LogP) is 3.10. The SMILES string of the molecule is COc1ccc(C#N)cc1COc1ccc(C=O)cc1F. The Kier molecular flexibility index (Phi) is 4.52. The third kappa shape index (κ3) is 3.37. The molecule has 0 atom stereocenters. The summed E-state index contributed by atoms with van der Waals surface area (Å²) in [4.78, 5) is 10.5. The van der Waals surface area contributed by atoms with Crippen LogP contribution in [0.4, 0.5) is 4.39 Å². The maximum atomic E-state index is 13.7. The summed E-state index contributed by atoms with van der Waals surface area (Å²) in [6.07, 6.45) is 0.562. The molecule has 0 aliphatic carbocycles. The lowest BCUT2D eigenvalue weighted by Crippen LogP contribution is -2.01. The molecule has 0 saturated carbocycles. The van der Waals surface area contributed by atoms with Gasteiger partial charge in [-0.1, -0.05) is 0 Å². The normalized spacial score (nSPS) is 9.76. The van der Waals surface area contributed by atoms with Gasteiger partial charge in [0.2, 0.25) is 0 Å². The van der Waals surface area contributed by atoms with Crippen LogP contribution in [0, 0.1) is 17.1 Å². The first kappa shape index (κ1) is 14.5. The summed E-state index contributed by atoms with van der Waals surface area (Å²) in [5, 5.41) is 8.89.